The summed E-state index contributed by atoms with van der Waals surface area (Å²) in [6.07, 6.45) is 2.10. The van der Waals surface area contributed by atoms with Gasteiger partial charge in [0.1, 0.15) is 5.82 Å². The minimum absolute atomic E-state index is 0.0412. The van der Waals surface area contributed by atoms with Crippen LogP contribution in [0.4, 0.5) is 4.39 Å². The Balaban J connectivity index is 2.03. The fourth-order valence-electron chi connectivity index (χ4n) is 3.58. The summed E-state index contributed by atoms with van der Waals surface area (Å²) in [5.74, 6) is 1.46. The molecule has 21 heavy (non-hydrogen) atoms. The van der Waals surface area contributed by atoms with E-state index in [1.807, 2.05) is 6.07 Å². The van der Waals surface area contributed by atoms with Crippen molar-refractivity contribution in [3.63, 3.8) is 0 Å². The lowest BCUT2D eigenvalue weighted by molar-refractivity contribution is 0.134. The molecular formula is C19H30FN. The van der Waals surface area contributed by atoms with Crippen molar-refractivity contribution in [2.24, 2.45) is 17.3 Å². The number of halogens is 1. The Morgan fingerprint density at radius 3 is 2.29 bits per heavy atom. The molecule has 1 heterocycles. The molecule has 0 radical (unpaired) electrons. The Hall–Kier alpha value is -0.890. The monoisotopic (exact) mass is 291 g/mol. The van der Waals surface area contributed by atoms with Crippen molar-refractivity contribution in [3.05, 3.63) is 35.1 Å². The van der Waals surface area contributed by atoms with Gasteiger partial charge in [-0.25, -0.2) is 4.39 Å². The van der Waals surface area contributed by atoms with Crippen molar-refractivity contribution in [2.75, 3.05) is 13.1 Å². The summed E-state index contributed by atoms with van der Waals surface area (Å²) in [7, 11) is 0. The highest BCUT2D eigenvalue weighted by molar-refractivity contribution is 5.25. The molecule has 2 atom stereocenters. The van der Waals surface area contributed by atoms with Gasteiger partial charge in [0.25, 0.3) is 0 Å². The molecule has 2 rings (SSSR count). The Morgan fingerprint density at radius 2 is 1.76 bits per heavy atom. The molecule has 0 aliphatic carbocycles. The van der Waals surface area contributed by atoms with Gasteiger partial charge in [-0.05, 0) is 47.3 Å². The van der Waals surface area contributed by atoms with E-state index in [0.29, 0.717) is 0 Å². The smallest absolute Gasteiger partial charge is 0.126 e. The van der Waals surface area contributed by atoms with Crippen LogP contribution in [-0.2, 0) is 13.0 Å². The summed E-state index contributed by atoms with van der Waals surface area (Å²) < 4.78 is 14.3. The predicted molar refractivity (Wildman–Crippen MR) is 87.8 cm³/mol. The molecule has 2 heteroatoms. The van der Waals surface area contributed by atoms with Crippen molar-refractivity contribution >= 4 is 0 Å². The highest BCUT2D eigenvalue weighted by Crippen LogP contribution is 2.25. The first kappa shape index (κ1) is 16.5. The van der Waals surface area contributed by atoms with Gasteiger partial charge < -0.3 is 0 Å². The normalized spacial score (nSPS) is 24.3. The first-order valence-corrected chi connectivity index (χ1v) is 8.22. The number of rotatable bonds is 3. The number of hydrogen-bond donors (Lipinski definition) is 0. The van der Waals surface area contributed by atoms with Crippen LogP contribution in [-0.4, -0.2) is 18.0 Å². The van der Waals surface area contributed by atoms with E-state index in [1.165, 1.54) is 6.42 Å². The Labute approximate surface area is 129 Å². The number of likely N-dealkylation sites (tertiary alicyclic amines) is 1. The summed E-state index contributed by atoms with van der Waals surface area (Å²) in [5.41, 5.74) is 2.07. The quantitative estimate of drug-likeness (QED) is 0.766. The standard InChI is InChI=1S/C19H30FN/c1-14-8-15(2)12-21(11-14)13-16-6-7-17(18(20)9-16)10-19(3,4)5/h6-7,9,14-15H,8,10-13H2,1-5H3. The van der Waals surface area contributed by atoms with E-state index in [1.54, 1.807) is 6.07 Å². The SMILES string of the molecule is CC1CC(C)CN(Cc2ccc(CC(C)(C)C)c(F)c2)C1. The lowest BCUT2D eigenvalue weighted by Crippen LogP contribution is -2.38. The van der Waals surface area contributed by atoms with Gasteiger partial charge >= 0.3 is 0 Å². The molecule has 1 aromatic rings. The molecular weight excluding hydrogens is 261 g/mol. The van der Waals surface area contributed by atoms with Gasteiger partial charge in [0, 0.05) is 19.6 Å². The minimum Gasteiger partial charge on any atom is -0.299 e. The highest BCUT2D eigenvalue weighted by Gasteiger charge is 2.22. The zero-order valence-corrected chi connectivity index (χ0v) is 14.2. The van der Waals surface area contributed by atoms with Crippen LogP contribution in [0.5, 0.6) is 0 Å². The topological polar surface area (TPSA) is 3.24 Å². The molecule has 0 N–H and O–H groups in total. The molecule has 0 aromatic heterocycles. The van der Waals surface area contributed by atoms with Crippen LogP contribution < -0.4 is 0 Å². The van der Waals surface area contributed by atoms with Gasteiger partial charge in [-0.15, -0.1) is 0 Å². The maximum Gasteiger partial charge on any atom is 0.126 e. The molecule has 0 amide bonds. The van der Waals surface area contributed by atoms with Crippen LogP contribution in [0.3, 0.4) is 0 Å². The van der Waals surface area contributed by atoms with Crippen LogP contribution >= 0.6 is 0 Å². The zero-order chi connectivity index (χ0) is 15.6. The van der Waals surface area contributed by atoms with Gasteiger partial charge in [-0.2, -0.15) is 0 Å². The van der Waals surface area contributed by atoms with Crippen molar-refractivity contribution in [1.29, 1.82) is 0 Å². The number of benzene rings is 1. The van der Waals surface area contributed by atoms with E-state index in [2.05, 4.69) is 45.6 Å². The van der Waals surface area contributed by atoms with Crippen LogP contribution in [0.1, 0.15) is 52.2 Å². The van der Waals surface area contributed by atoms with Crippen molar-refractivity contribution in [1.82, 2.24) is 4.90 Å². The van der Waals surface area contributed by atoms with Gasteiger partial charge in [-0.1, -0.05) is 46.8 Å². The van der Waals surface area contributed by atoms with Crippen LogP contribution in [0.25, 0.3) is 0 Å². The number of piperidine rings is 1. The van der Waals surface area contributed by atoms with E-state index >= 15 is 0 Å². The van der Waals surface area contributed by atoms with Crippen molar-refractivity contribution < 1.29 is 4.39 Å². The third-order valence-corrected chi connectivity index (χ3v) is 4.19. The van der Waals surface area contributed by atoms with Gasteiger partial charge in [0.15, 0.2) is 0 Å². The second-order valence-corrected chi connectivity index (χ2v) is 8.30. The second kappa shape index (κ2) is 6.48. The maximum absolute atomic E-state index is 14.3. The fourth-order valence-corrected chi connectivity index (χ4v) is 3.58. The van der Waals surface area contributed by atoms with E-state index < -0.39 is 0 Å². The molecule has 2 unspecified atom stereocenters. The number of hydrogen-bond acceptors (Lipinski definition) is 1. The largest absolute Gasteiger partial charge is 0.299 e. The van der Waals surface area contributed by atoms with Gasteiger partial charge in [0.05, 0.1) is 0 Å². The van der Waals surface area contributed by atoms with E-state index in [0.717, 1.165) is 49.0 Å². The van der Waals surface area contributed by atoms with Crippen LogP contribution in [0.15, 0.2) is 18.2 Å². The Bertz CT molecular complexity index is 465. The second-order valence-electron chi connectivity index (χ2n) is 8.30. The van der Waals surface area contributed by atoms with Gasteiger partial charge in [-0.3, -0.25) is 4.90 Å². The molecule has 1 aliphatic rings. The Morgan fingerprint density at radius 1 is 1.14 bits per heavy atom. The molecule has 0 saturated carbocycles. The zero-order valence-electron chi connectivity index (χ0n) is 14.2. The first-order valence-electron chi connectivity index (χ1n) is 8.22. The molecule has 0 bridgehead atoms. The third-order valence-electron chi connectivity index (χ3n) is 4.19. The molecule has 118 valence electrons. The molecule has 1 fully saturated rings. The third kappa shape index (κ3) is 5.10. The summed E-state index contributed by atoms with van der Waals surface area (Å²) in [4.78, 5) is 2.47. The minimum atomic E-state index is -0.0412. The Kier molecular flexibility index (Phi) is 5.08. The molecule has 1 aliphatic heterocycles. The molecule has 1 nitrogen and oxygen atoms in total. The summed E-state index contributed by atoms with van der Waals surface area (Å²) in [6.45, 7) is 14.2. The summed E-state index contributed by atoms with van der Waals surface area (Å²) in [5, 5.41) is 0. The van der Waals surface area contributed by atoms with Crippen molar-refractivity contribution in [3.8, 4) is 0 Å². The van der Waals surface area contributed by atoms with Crippen LogP contribution in [0, 0.1) is 23.1 Å². The van der Waals surface area contributed by atoms with E-state index in [9.17, 15) is 4.39 Å². The summed E-state index contributed by atoms with van der Waals surface area (Å²) >= 11 is 0. The van der Waals surface area contributed by atoms with Crippen molar-refractivity contribution in [2.45, 2.75) is 54.0 Å². The van der Waals surface area contributed by atoms with Crippen LogP contribution in [0.2, 0.25) is 0 Å². The average Bonchev–Trinajstić information content (AvgIpc) is 2.30. The van der Waals surface area contributed by atoms with E-state index in [-0.39, 0.29) is 11.2 Å². The van der Waals surface area contributed by atoms with E-state index in [4.69, 9.17) is 0 Å². The molecule has 1 aromatic carbocycles. The molecule has 1 saturated heterocycles. The highest BCUT2D eigenvalue weighted by atomic mass is 19.1. The summed E-state index contributed by atoms with van der Waals surface area (Å²) in [6, 6.07) is 5.83. The molecule has 0 spiro atoms. The lowest BCUT2D eigenvalue weighted by atomic mass is 9.87. The average molecular weight is 291 g/mol. The first-order chi connectivity index (χ1) is 9.73. The number of nitrogens with zero attached hydrogens (tertiary/aromatic N) is 1. The maximum atomic E-state index is 14.3. The fraction of sp³-hybridized carbons (Fsp3) is 0.684. The lowest BCUT2D eigenvalue weighted by Gasteiger charge is -2.35. The predicted octanol–water partition coefficient (Wildman–Crippen LogP) is 4.89. The van der Waals surface area contributed by atoms with Gasteiger partial charge in [0.2, 0.25) is 0 Å².